The van der Waals surface area contributed by atoms with Gasteiger partial charge in [-0.3, -0.25) is 9.69 Å². The Morgan fingerprint density at radius 2 is 2.27 bits per heavy atom. The first-order valence-corrected chi connectivity index (χ1v) is 8.01. The predicted molar refractivity (Wildman–Crippen MR) is 82.0 cm³/mol. The van der Waals surface area contributed by atoms with E-state index in [-0.39, 0.29) is 11.7 Å². The fourth-order valence-electron chi connectivity index (χ4n) is 3.62. The van der Waals surface area contributed by atoms with E-state index in [0.717, 1.165) is 12.0 Å². The molecule has 22 heavy (non-hydrogen) atoms. The highest BCUT2D eigenvalue weighted by atomic mass is 35.5. The van der Waals surface area contributed by atoms with Gasteiger partial charge in [0.05, 0.1) is 11.5 Å². The first-order valence-electron chi connectivity index (χ1n) is 7.63. The van der Waals surface area contributed by atoms with Gasteiger partial charge >= 0.3 is 0 Å². The number of benzene rings is 1. The van der Waals surface area contributed by atoms with E-state index in [1.54, 1.807) is 6.07 Å². The molecular formula is C16H20ClFN2O2. The number of nitrogens with zero attached hydrogens (tertiary/aromatic N) is 1. The number of nitrogens with one attached hydrogen (secondary N) is 1. The van der Waals surface area contributed by atoms with Gasteiger partial charge in [0, 0.05) is 31.2 Å². The van der Waals surface area contributed by atoms with Crippen molar-refractivity contribution in [3.8, 4) is 0 Å². The summed E-state index contributed by atoms with van der Waals surface area (Å²) in [6.45, 7) is 2.38. The highest BCUT2D eigenvalue weighted by molar-refractivity contribution is 6.30. The van der Waals surface area contributed by atoms with E-state index in [4.69, 9.17) is 11.6 Å². The highest BCUT2D eigenvalue weighted by Crippen LogP contribution is 2.37. The topological polar surface area (TPSA) is 52.6 Å². The molecule has 2 fully saturated rings. The Morgan fingerprint density at radius 1 is 1.45 bits per heavy atom. The van der Waals surface area contributed by atoms with Crippen LogP contribution in [0.25, 0.3) is 0 Å². The van der Waals surface area contributed by atoms with Gasteiger partial charge in [0.1, 0.15) is 5.82 Å². The number of amides is 1. The third kappa shape index (κ3) is 2.98. The summed E-state index contributed by atoms with van der Waals surface area (Å²) in [5.74, 6) is -0.419. The number of aliphatic hydroxyl groups is 1. The Kier molecular flexibility index (Phi) is 4.39. The van der Waals surface area contributed by atoms with Crippen LogP contribution in [-0.2, 0) is 11.3 Å². The van der Waals surface area contributed by atoms with Crippen LogP contribution >= 0.6 is 11.6 Å². The van der Waals surface area contributed by atoms with Crippen molar-refractivity contribution < 1.29 is 14.3 Å². The summed E-state index contributed by atoms with van der Waals surface area (Å²) in [4.78, 5) is 14.4. The number of aliphatic hydroxyl groups excluding tert-OH is 1. The van der Waals surface area contributed by atoms with E-state index in [2.05, 4.69) is 10.2 Å². The van der Waals surface area contributed by atoms with E-state index in [9.17, 15) is 14.3 Å². The average Bonchev–Trinajstić information content (AvgIpc) is 2.45. The van der Waals surface area contributed by atoms with Crippen LogP contribution in [0.15, 0.2) is 18.2 Å². The zero-order valence-corrected chi connectivity index (χ0v) is 13.1. The quantitative estimate of drug-likeness (QED) is 0.873. The first kappa shape index (κ1) is 15.7. The van der Waals surface area contributed by atoms with Crippen molar-refractivity contribution >= 4 is 17.5 Å². The molecule has 0 unspecified atom stereocenters. The Bertz CT molecular complexity index is 563. The number of hydrogen-bond donors (Lipinski definition) is 2. The monoisotopic (exact) mass is 326 g/mol. The molecule has 120 valence electrons. The number of carbonyl (C=O) groups is 1. The smallest absolute Gasteiger partial charge is 0.230 e. The Labute approximate surface area is 134 Å². The second-order valence-electron chi connectivity index (χ2n) is 6.31. The highest BCUT2D eigenvalue weighted by Gasteiger charge is 2.49. The lowest BCUT2D eigenvalue weighted by molar-refractivity contribution is -0.149. The van der Waals surface area contributed by atoms with Crippen molar-refractivity contribution in [2.75, 3.05) is 19.6 Å². The lowest BCUT2D eigenvalue weighted by Gasteiger charge is -2.47. The molecule has 1 aromatic carbocycles. The molecule has 2 saturated heterocycles. The van der Waals surface area contributed by atoms with Gasteiger partial charge in [-0.2, -0.15) is 0 Å². The van der Waals surface area contributed by atoms with Crippen molar-refractivity contribution in [3.63, 3.8) is 0 Å². The van der Waals surface area contributed by atoms with E-state index in [0.29, 0.717) is 44.0 Å². The maximum absolute atomic E-state index is 13.4. The summed E-state index contributed by atoms with van der Waals surface area (Å²) in [7, 11) is 0. The Morgan fingerprint density at radius 3 is 3.00 bits per heavy atom. The van der Waals surface area contributed by atoms with Crippen molar-refractivity contribution in [2.45, 2.75) is 31.9 Å². The summed E-state index contributed by atoms with van der Waals surface area (Å²) in [6, 6.07) is 4.48. The van der Waals surface area contributed by atoms with E-state index >= 15 is 0 Å². The SMILES string of the molecule is O=C1NCCC[C@]12CN(Cc1cc(F)cc(Cl)c1)CC[C@H]2O. The molecule has 0 saturated carbocycles. The van der Waals surface area contributed by atoms with Crippen molar-refractivity contribution in [2.24, 2.45) is 5.41 Å². The van der Waals surface area contributed by atoms with Crippen LogP contribution in [0.5, 0.6) is 0 Å². The molecule has 4 nitrogen and oxygen atoms in total. The third-order valence-corrected chi connectivity index (χ3v) is 4.95. The number of piperidine rings is 2. The maximum Gasteiger partial charge on any atom is 0.230 e. The molecule has 1 amide bonds. The molecule has 2 heterocycles. The molecule has 0 bridgehead atoms. The van der Waals surface area contributed by atoms with Crippen LogP contribution in [0.1, 0.15) is 24.8 Å². The van der Waals surface area contributed by atoms with E-state index in [1.165, 1.54) is 12.1 Å². The van der Waals surface area contributed by atoms with Gasteiger partial charge in [-0.05, 0) is 43.0 Å². The molecule has 1 aromatic rings. The lowest BCUT2D eigenvalue weighted by atomic mass is 9.71. The van der Waals surface area contributed by atoms with Crippen LogP contribution in [0, 0.1) is 11.2 Å². The molecule has 2 aliphatic heterocycles. The largest absolute Gasteiger partial charge is 0.392 e. The van der Waals surface area contributed by atoms with Crippen molar-refractivity contribution in [3.05, 3.63) is 34.6 Å². The predicted octanol–water partition coefficient (Wildman–Crippen LogP) is 1.94. The minimum Gasteiger partial charge on any atom is -0.392 e. The second-order valence-corrected chi connectivity index (χ2v) is 6.74. The molecule has 2 aliphatic rings. The average molecular weight is 327 g/mol. The van der Waals surface area contributed by atoms with Gasteiger partial charge in [0.25, 0.3) is 0 Å². The zero-order valence-electron chi connectivity index (χ0n) is 12.3. The summed E-state index contributed by atoms with van der Waals surface area (Å²) in [5, 5.41) is 13.6. The number of halogens is 2. The Balaban J connectivity index is 1.77. The van der Waals surface area contributed by atoms with Crippen LogP contribution in [0.4, 0.5) is 4.39 Å². The molecule has 3 rings (SSSR count). The fourth-order valence-corrected chi connectivity index (χ4v) is 3.87. The molecular weight excluding hydrogens is 307 g/mol. The van der Waals surface area contributed by atoms with Crippen molar-refractivity contribution in [1.29, 1.82) is 0 Å². The number of likely N-dealkylation sites (tertiary alicyclic amines) is 1. The summed E-state index contributed by atoms with van der Waals surface area (Å²) < 4.78 is 13.4. The van der Waals surface area contributed by atoms with Gasteiger partial charge in [-0.25, -0.2) is 4.39 Å². The minimum atomic E-state index is -0.729. The van der Waals surface area contributed by atoms with Crippen LogP contribution in [0.3, 0.4) is 0 Å². The second kappa shape index (κ2) is 6.14. The minimum absolute atomic E-state index is 0.0618. The molecule has 2 N–H and O–H groups in total. The molecule has 0 aromatic heterocycles. The van der Waals surface area contributed by atoms with Gasteiger partial charge < -0.3 is 10.4 Å². The standard InChI is InChI=1S/C16H20ClFN2O2/c17-12-6-11(7-13(18)8-12)9-20-5-2-14(21)16(10-20)3-1-4-19-15(16)22/h6-8,14,21H,1-5,9-10H2,(H,19,22)/t14-,16-/m1/s1. The number of carbonyl (C=O) groups excluding carboxylic acids is 1. The molecule has 1 spiro atoms. The van der Waals surface area contributed by atoms with E-state index in [1.807, 2.05) is 0 Å². The van der Waals surface area contributed by atoms with Crippen LogP contribution < -0.4 is 5.32 Å². The van der Waals surface area contributed by atoms with Gasteiger partial charge in [-0.15, -0.1) is 0 Å². The molecule has 0 aliphatic carbocycles. The zero-order chi connectivity index (χ0) is 15.7. The van der Waals surface area contributed by atoms with Gasteiger partial charge in [0.15, 0.2) is 0 Å². The molecule has 2 atom stereocenters. The molecule has 6 heteroatoms. The third-order valence-electron chi connectivity index (χ3n) is 4.73. The first-order chi connectivity index (χ1) is 10.5. The van der Waals surface area contributed by atoms with Crippen LogP contribution in [0.2, 0.25) is 5.02 Å². The van der Waals surface area contributed by atoms with Crippen LogP contribution in [-0.4, -0.2) is 41.7 Å². The lowest BCUT2D eigenvalue weighted by Crippen LogP contribution is -2.61. The summed E-state index contributed by atoms with van der Waals surface area (Å²) >= 11 is 5.89. The maximum atomic E-state index is 13.4. The number of hydrogen-bond acceptors (Lipinski definition) is 3. The van der Waals surface area contributed by atoms with E-state index < -0.39 is 11.5 Å². The normalized spacial score (nSPS) is 29.6. The summed E-state index contributed by atoms with van der Waals surface area (Å²) in [6.07, 6.45) is 1.51. The molecule has 0 radical (unpaired) electrons. The number of rotatable bonds is 2. The fraction of sp³-hybridized carbons (Fsp3) is 0.562. The van der Waals surface area contributed by atoms with Crippen molar-refractivity contribution in [1.82, 2.24) is 10.2 Å². The van der Waals surface area contributed by atoms with Gasteiger partial charge in [-0.1, -0.05) is 11.6 Å². The Hall–Kier alpha value is -1.17. The van der Waals surface area contributed by atoms with Gasteiger partial charge in [0.2, 0.25) is 5.91 Å². The summed E-state index contributed by atoms with van der Waals surface area (Å²) in [5.41, 5.74) is 0.0564.